The van der Waals surface area contributed by atoms with Crippen molar-refractivity contribution in [1.29, 1.82) is 0 Å². The van der Waals surface area contributed by atoms with Gasteiger partial charge in [0, 0.05) is 6.04 Å². The van der Waals surface area contributed by atoms with E-state index in [9.17, 15) is 0 Å². The summed E-state index contributed by atoms with van der Waals surface area (Å²) >= 11 is 0. The molecule has 0 saturated heterocycles. The second-order valence-electron chi connectivity index (χ2n) is 4.84. The van der Waals surface area contributed by atoms with E-state index in [1.165, 1.54) is 51.7 Å². The van der Waals surface area contributed by atoms with E-state index >= 15 is 0 Å². The molecular formula is C14H32N2. The van der Waals surface area contributed by atoms with Crippen molar-refractivity contribution in [3.8, 4) is 0 Å². The lowest BCUT2D eigenvalue weighted by Gasteiger charge is -2.22. The summed E-state index contributed by atoms with van der Waals surface area (Å²) in [6.07, 6.45) is 6.44. The Morgan fingerprint density at radius 1 is 0.938 bits per heavy atom. The van der Waals surface area contributed by atoms with Crippen LogP contribution in [-0.2, 0) is 0 Å². The Hall–Kier alpha value is -0.0800. The second-order valence-corrected chi connectivity index (χ2v) is 4.84. The van der Waals surface area contributed by atoms with E-state index < -0.39 is 0 Å². The fourth-order valence-electron chi connectivity index (χ4n) is 2.08. The summed E-state index contributed by atoms with van der Waals surface area (Å²) in [5.41, 5.74) is 0. The first-order valence-electron chi connectivity index (χ1n) is 7.20. The lowest BCUT2D eigenvalue weighted by atomic mass is 10.1. The molecule has 1 N–H and O–H groups in total. The SMILES string of the molecule is CCCNC(C)CCCN(CCC)CCC. The minimum Gasteiger partial charge on any atom is -0.314 e. The molecule has 0 aromatic carbocycles. The van der Waals surface area contributed by atoms with Gasteiger partial charge in [-0.3, -0.25) is 0 Å². The summed E-state index contributed by atoms with van der Waals surface area (Å²) in [6, 6.07) is 0.685. The molecule has 2 nitrogen and oxygen atoms in total. The summed E-state index contributed by atoms with van der Waals surface area (Å²) in [6.45, 7) is 14.1. The van der Waals surface area contributed by atoms with Gasteiger partial charge in [-0.1, -0.05) is 20.8 Å². The van der Waals surface area contributed by atoms with E-state index in [1.807, 2.05) is 0 Å². The van der Waals surface area contributed by atoms with Crippen molar-refractivity contribution in [2.75, 3.05) is 26.2 Å². The Bertz CT molecular complexity index is 131. The van der Waals surface area contributed by atoms with E-state index in [4.69, 9.17) is 0 Å². The van der Waals surface area contributed by atoms with Gasteiger partial charge < -0.3 is 10.2 Å². The first-order valence-corrected chi connectivity index (χ1v) is 7.20. The number of nitrogens with zero attached hydrogens (tertiary/aromatic N) is 1. The molecule has 0 radical (unpaired) electrons. The zero-order valence-corrected chi connectivity index (χ0v) is 11.9. The smallest absolute Gasteiger partial charge is 0.00391 e. The van der Waals surface area contributed by atoms with E-state index in [-0.39, 0.29) is 0 Å². The molecule has 0 fully saturated rings. The fourth-order valence-corrected chi connectivity index (χ4v) is 2.08. The first kappa shape index (κ1) is 15.9. The zero-order chi connectivity index (χ0) is 12.2. The molecule has 0 saturated carbocycles. The van der Waals surface area contributed by atoms with Crippen LogP contribution in [-0.4, -0.2) is 37.1 Å². The maximum absolute atomic E-state index is 3.55. The van der Waals surface area contributed by atoms with Crippen LogP contribution in [0.4, 0.5) is 0 Å². The third kappa shape index (κ3) is 9.17. The Balaban J connectivity index is 3.51. The molecule has 0 heterocycles. The molecular weight excluding hydrogens is 196 g/mol. The Morgan fingerprint density at radius 2 is 1.56 bits per heavy atom. The first-order chi connectivity index (χ1) is 7.74. The molecule has 0 rings (SSSR count). The molecule has 16 heavy (non-hydrogen) atoms. The van der Waals surface area contributed by atoms with Gasteiger partial charge in [0.25, 0.3) is 0 Å². The molecule has 2 heteroatoms. The zero-order valence-electron chi connectivity index (χ0n) is 11.9. The maximum Gasteiger partial charge on any atom is 0.00391 e. The lowest BCUT2D eigenvalue weighted by Crippen LogP contribution is -2.30. The Morgan fingerprint density at radius 3 is 2.06 bits per heavy atom. The van der Waals surface area contributed by atoms with Crippen LogP contribution < -0.4 is 5.32 Å². The second kappa shape index (κ2) is 11.4. The van der Waals surface area contributed by atoms with Crippen molar-refractivity contribution in [3.05, 3.63) is 0 Å². The van der Waals surface area contributed by atoms with Crippen LogP contribution in [0.1, 0.15) is 59.8 Å². The summed E-state index contributed by atoms with van der Waals surface area (Å²) in [5, 5.41) is 3.55. The van der Waals surface area contributed by atoms with Crippen molar-refractivity contribution in [1.82, 2.24) is 10.2 Å². The number of hydrogen-bond donors (Lipinski definition) is 1. The fraction of sp³-hybridized carbons (Fsp3) is 1.00. The van der Waals surface area contributed by atoms with Crippen LogP contribution in [0.25, 0.3) is 0 Å². The molecule has 1 unspecified atom stereocenters. The van der Waals surface area contributed by atoms with E-state index in [0.29, 0.717) is 6.04 Å². The third-order valence-corrected chi connectivity index (χ3v) is 2.93. The van der Waals surface area contributed by atoms with E-state index in [0.717, 1.165) is 6.54 Å². The molecule has 0 amide bonds. The number of rotatable bonds is 11. The van der Waals surface area contributed by atoms with Crippen LogP contribution in [0.15, 0.2) is 0 Å². The van der Waals surface area contributed by atoms with Gasteiger partial charge in [-0.25, -0.2) is 0 Å². The van der Waals surface area contributed by atoms with Gasteiger partial charge in [-0.05, 0) is 65.2 Å². The average molecular weight is 228 g/mol. The highest BCUT2D eigenvalue weighted by Gasteiger charge is 2.04. The van der Waals surface area contributed by atoms with E-state index in [2.05, 4.69) is 37.9 Å². The Labute approximate surface area is 103 Å². The van der Waals surface area contributed by atoms with Gasteiger partial charge in [0.15, 0.2) is 0 Å². The molecule has 0 bridgehead atoms. The molecule has 0 aliphatic carbocycles. The average Bonchev–Trinajstić information content (AvgIpc) is 2.27. The summed E-state index contributed by atoms with van der Waals surface area (Å²) < 4.78 is 0. The molecule has 0 aliphatic heterocycles. The van der Waals surface area contributed by atoms with E-state index in [1.54, 1.807) is 0 Å². The highest BCUT2D eigenvalue weighted by atomic mass is 15.1. The third-order valence-electron chi connectivity index (χ3n) is 2.93. The molecule has 0 spiro atoms. The number of nitrogens with one attached hydrogen (secondary N) is 1. The molecule has 0 aliphatic rings. The van der Waals surface area contributed by atoms with Gasteiger partial charge in [0.2, 0.25) is 0 Å². The van der Waals surface area contributed by atoms with Gasteiger partial charge in [-0.15, -0.1) is 0 Å². The summed E-state index contributed by atoms with van der Waals surface area (Å²) in [7, 11) is 0. The van der Waals surface area contributed by atoms with Gasteiger partial charge >= 0.3 is 0 Å². The van der Waals surface area contributed by atoms with Crippen LogP contribution in [0.2, 0.25) is 0 Å². The maximum atomic E-state index is 3.55. The van der Waals surface area contributed by atoms with Crippen LogP contribution >= 0.6 is 0 Å². The molecule has 1 atom stereocenters. The van der Waals surface area contributed by atoms with Gasteiger partial charge in [0.05, 0.1) is 0 Å². The van der Waals surface area contributed by atoms with Crippen LogP contribution in [0.3, 0.4) is 0 Å². The predicted octanol–water partition coefficient (Wildman–Crippen LogP) is 3.28. The van der Waals surface area contributed by atoms with Crippen LogP contribution in [0, 0.1) is 0 Å². The number of hydrogen-bond acceptors (Lipinski definition) is 2. The van der Waals surface area contributed by atoms with Crippen molar-refractivity contribution < 1.29 is 0 Å². The predicted molar refractivity (Wildman–Crippen MR) is 74.0 cm³/mol. The van der Waals surface area contributed by atoms with Crippen molar-refractivity contribution in [3.63, 3.8) is 0 Å². The van der Waals surface area contributed by atoms with Crippen molar-refractivity contribution in [2.24, 2.45) is 0 Å². The quantitative estimate of drug-likeness (QED) is 0.584. The minimum atomic E-state index is 0.685. The highest BCUT2D eigenvalue weighted by Crippen LogP contribution is 2.01. The molecule has 0 aromatic rings. The molecule has 98 valence electrons. The lowest BCUT2D eigenvalue weighted by molar-refractivity contribution is 0.264. The topological polar surface area (TPSA) is 15.3 Å². The molecule has 0 aromatic heterocycles. The summed E-state index contributed by atoms with van der Waals surface area (Å²) in [4.78, 5) is 2.60. The summed E-state index contributed by atoms with van der Waals surface area (Å²) in [5.74, 6) is 0. The Kier molecular flexibility index (Phi) is 11.3. The largest absolute Gasteiger partial charge is 0.314 e. The highest BCUT2D eigenvalue weighted by molar-refractivity contribution is 4.63. The van der Waals surface area contributed by atoms with Crippen molar-refractivity contribution >= 4 is 0 Å². The monoisotopic (exact) mass is 228 g/mol. The van der Waals surface area contributed by atoms with Gasteiger partial charge in [0.1, 0.15) is 0 Å². The standard InChI is InChI=1S/C14H32N2/c1-5-10-15-14(4)9-8-13-16(11-6-2)12-7-3/h14-15H,5-13H2,1-4H3. The minimum absolute atomic E-state index is 0.685. The van der Waals surface area contributed by atoms with Crippen LogP contribution in [0.5, 0.6) is 0 Å². The normalized spacial score (nSPS) is 13.3. The van der Waals surface area contributed by atoms with Gasteiger partial charge in [-0.2, -0.15) is 0 Å². The van der Waals surface area contributed by atoms with Crippen molar-refractivity contribution in [2.45, 2.75) is 65.8 Å².